The van der Waals surface area contributed by atoms with Crippen LogP contribution in [0.4, 0.5) is 4.79 Å². The van der Waals surface area contributed by atoms with E-state index >= 15 is 0 Å². The molecule has 1 aromatic carbocycles. The Labute approximate surface area is 159 Å². The van der Waals surface area contributed by atoms with Gasteiger partial charge in [0.2, 0.25) is 0 Å². The van der Waals surface area contributed by atoms with Crippen molar-refractivity contribution in [2.75, 3.05) is 37.7 Å². The maximum Gasteiger partial charge on any atom is 0.317 e. The van der Waals surface area contributed by atoms with E-state index in [1.165, 1.54) is 30.0 Å². The number of urea groups is 1. The summed E-state index contributed by atoms with van der Waals surface area (Å²) in [5, 5.41) is 4.36. The summed E-state index contributed by atoms with van der Waals surface area (Å²) in [6.07, 6.45) is 4.15. The Hall–Kier alpha value is -1.66. The first kappa shape index (κ1) is 17.7. The van der Waals surface area contributed by atoms with E-state index in [-0.39, 0.29) is 12.1 Å². The highest BCUT2D eigenvalue weighted by molar-refractivity contribution is 7.99. The lowest BCUT2D eigenvalue weighted by molar-refractivity contribution is 0.123. The fourth-order valence-corrected chi connectivity index (χ4v) is 5.01. The fraction of sp³-hybridized carbons (Fsp3) is 0.550. The van der Waals surface area contributed by atoms with Crippen LogP contribution in [-0.2, 0) is 0 Å². The van der Waals surface area contributed by atoms with Crippen LogP contribution in [-0.4, -0.2) is 64.5 Å². The molecule has 2 amide bonds. The van der Waals surface area contributed by atoms with Crippen molar-refractivity contribution in [2.45, 2.75) is 31.8 Å². The number of likely N-dealkylation sites (tertiary alicyclic amines) is 1. The van der Waals surface area contributed by atoms with E-state index < -0.39 is 0 Å². The molecule has 2 fully saturated rings. The van der Waals surface area contributed by atoms with E-state index in [9.17, 15) is 4.79 Å². The van der Waals surface area contributed by atoms with Crippen molar-refractivity contribution >= 4 is 28.7 Å². The first-order valence-corrected chi connectivity index (χ1v) is 10.8. The number of nitrogens with zero attached hydrogens (tertiary/aromatic N) is 2. The number of aromatic amines is 1. The summed E-state index contributed by atoms with van der Waals surface area (Å²) in [5.41, 5.74) is 2.27. The molecule has 2 aromatic rings. The SMILES string of the molecule is CC(NC(=O)N1CCC(N2CCSCC2)CC1)c1ccc2[nH]ccc2c1. The summed E-state index contributed by atoms with van der Waals surface area (Å²) < 4.78 is 0. The highest BCUT2D eigenvalue weighted by atomic mass is 32.2. The molecule has 0 bridgehead atoms. The Morgan fingerprint density at radius 2 is 1.96 bits per heavy atom. The zero-order chi connectivity index (χ0) is 17.9. The third-order valence-corrected chi connectivity index (χ3v) is 6.67. The molecule has 0 saturated carbocycles. The smallest absolute Gasteiger partial charge is 0.317 e. The molecule has 2 aliphatic rings. The Morgan fingerprint density at radius 3 is 2.73 bits per heavy atom. The minimum Gasteiger partial charge on any atom is -0.361 e. The number of thioether (sulfide) groups is 1. The molecule has 1 unspecified atom stereocenters. The normalized spacial score (nSPS) is 21.0. The van der Waals surface area contributed by atoms with Gasteiger partial charge < -0.3 is 15.2 Å². The van der Waals surface area contributed by atoms with Gasteiger partial charge in [0.1, 0.15) is 0 Å². The molecule has 2 N–H and O–H groups in total. The van der Waals surface area contributed by atoms with E-state index in [1.54, 1.807) is 0 Å². The number of H-pyrrole nitrogens is 1. The minimum absolute atomic E-state index is 0.0126. The van der Waals surface area contributed by atoms with Crippen LogP contribution in [0.2, 0.25) is 0 Å². The molecule has 140 valence electrons. The maximum absolute atomic E-state index is 12.7. The summed E-state index contributed by atoms with van der Waals surface area (Å²) in [6.45, 7) is 6.21. The number of carbonyl (C=O) groups excluding carboxylic acids is 1. The molecule has 6 heteroatoms. The predicted octanol–water partition coefficient (Wildman–Crippen LogP) is 3.45. The van der Waals surface area contributed by atoms with Crippen LogP contribution in [0.15, 0.2) is 30.5 Å². The van der Waals surface area contributed by atoms with Gasteiger partial charge in [-0.25, -0.2) is 4.79 Å². The van der Waals surface area contributed by atoms with Crippen LogP contribution in [0.3, 0.4) is 0 Å². The molecule has 4 rings (SSSR count). The topological polar surface area (TPSA) is 51.4 Å². The van der Waals surface area contributed by atoms with Crippen molar-refractivity contribution < 1.29 is 4.79 Å². The van der Waals surface area contributed by atoms with Crippen molar-refractivity contribution in [3.05, 3.63) is 36.0 Å². The van der Waals surface area contributed by atoms with Crippen molar-refractivity contribution in [3.8, 4) is 0 Å². The van der Waals surface area contributed by atoms with Crippen molar-refractivity contribution in [1.82, 2.24) is 20.1 Å². The second-order valence-corrected chi connectivity index (χ2v) is 8.59. The molecule has 5 nitrogen and oxygen atoms in total. The number of carbonyl (C=O) groups is 1. The number of amides is 2. The second-order valence-electron chi connectivity index (χ2n) is 7.36. The summed E-state index contributed by atoms with van der Waals surface area (Å²) in [5.74, 6) is 2.51. The lowest BCUT2D eigenvalue weighted by Crippen LogP contribution is -2.51. The zero-order valence-corrected chi connectivity index (χ0v) is 16.2. The monoisotopic (exact) mass is 372 g/mol. The summed E-state index contributed by atoms with van der Waals surface area (Å²) in [4.78, 5) is 20.5. The summed E-state index contributed by atoms with van der Waals surface area (Å²) >= 11 is 2.06. The molecule has 3 heterocycles. The van der Waals surface area contributed by atoms with E-state index in [0.717, 1.165) is 37.0 Å². The van der Waals surface area contributed by atoms with E-state index in [1.807, 2.05) is 11.1 Å². The van der Waals surface area contributed by atoms with Crippen LogP contribution in [0, 0.1) is 0 Å². The van der Waals surface area contributed by atoms with Gasteiger partial charge >= 0.3 is 6.03 Å². The van der Waals surface area contributed by atoms with Crippen LogP contribution in [0.5, 0.6) is 0 Å². The molecule has 1 atom stereocenters. The quantitative estimate of drug-likeness (QED) is 0.868. The molecule has 2 saturated heterocycles. The van der Waals surface area contributed by atoms with E-state index in [0.29, 0.717) is 6.04 Å². The van der Waals surface area contributed by atoms with E-state index in [4.69, 9.17) is 0 Å². The first-order chi connectivity index (χ1) is 12.7. The standard InChI is InChI=1S/C20H28N4OS/c1-15(16-2-3-19-17(14-16)4-7-21-19)22-20(25)24-8-5-18(6-9-24)23-10-12-26-13-11-23/h2-4,7,14-15,18,21H,5-6,8-13H2,1H3,(H,22,25). The number of piperidine rings is 1. The van der Waals surface area contributed by atoms with Crippen molar-refractivity contribution in [1.29, 1.82) is 0 Å². The highest BCUT2D eigenvalue weighted by Gasteiger charge is 2.28. The second kappa shape index (κ2) is 7.92. The third-order valence-electron chi connectivity index (χ3n) is 5.73. The summed E-state index contributed by atoms with van der Waals surface area (Å²) in [7, 11) is 0. The first-order valence-electron chi connectivity index (χ1n) is 9.65. The molecular weight excluding hydrogens is 344 g/mol. The van der Waals surface area contributed by atoms with Gasteiger partial charge in [0, 0.05) is 55.4 Å². The number of benzene rings is 1. The Kier molecular flexibility index (Phi) is 5.41. The average molecular weight is 373 g/mol. The van der Waals surface area contributed by atoms with Gasteiger partial charge in [-0.1, -0.05) is 6.07 Å². The number of hydrogen-bond acceptors (Lipinski definition) is 3. The maximum atomic E-state index is 12.7. The number of aromatic nitrogens is 1. The molecule has 2 aliphatic heterocycles. The van der Waals surface area contributed by atoms with Gasteiger partial charge in [0.05, 0.1) is 6.04 Å². The van der Waals surface area contributed by atoms with E-state index in [2.05, 4.69) is 58.2 Å². The molecule has 1 aromatic heterocycles. The number of nitrogens with one attached hydrogen (secondary N) is 2. The minimum atomic E-state index is 0.0126. The van der Waals surface area contributed by atoms with Gasteiger partial charge in [0.15, 0.2) is 0 Å². The number of hydrogen-bond donors (Lipinski definition) is 2. The van der Waals surface area contributed by atoms with Gasteiger partial charge in [-0.2, -0.15) is 11.8 Å². The zero-order valence-electron chi connectivity index (χ0n) is 15.4. The predicted molar refractivity (Wildman–Crippen MR) is 109 cm³/mol. The van der Waals surface area contributed by atoms with Crippen LogP contribution >= 0.6 is 11.8 Å². The lowest BCUT2D eigenvalue weighted by atomic mass is 10.0. The third kappa shape index (κ3) is 3.86. The highest BCUT2D eigenvalue weighted by Crippen LogP contribution is 2.22. The number of rotatable bonds is 3. The fourth-order valence-electron chi connectivity index (χ4n) is 4.08. The molecule has 0 radical (unpaired) electrons. The molecular formula is C20H28N4OS. The van der Waals surface area contributed by atoms with Gasteiger partial charge in [-0.3, -0.25) is 4.90 Å². The van der Waals surface area contributed by atoms with Gasteiger partial charge in [0.25, 0.3) is 0 Å². The van der Waals surface area contributed by atoms with Crippen molar-refractivity contribution in [2.24, 2.45) is 0 Å². The van der Waals surface area contributed by atoms with Crippen molar-refractivity contribution in [3.63, 3.8) is 0 Å². The lowest BCUT2D eigenvalue weighted by Gasteiger charge is -2.40. The Balaban J connectivity index is 1.30. The largest absolute Gasteiger partial charge is 0.361 e. The molecule has 0 spiro atoms. The van der Waals surface area contributed by atoms with Crippen LogP contribution in [0.25, 0.3) is 10.9 Å². The van der Waals surface area contributed by atoms with Gasteiger partial charge in [-0.05, 0) is 48.9 Å². The van der Waals surface area contributed by atoms with Crippen LogP contribution in [0.1, 0.15) is 31.4 Å². The summed E-state index contributed by atoms with van der Waals surface area (Å²) in [6, 6.07) is 9.13. The number of fused-ring (bicyclic) bond motifs is 1. The van der Waals surface area contributed by atoms with Crippen LogP contribution < -0.4 is 5.32 Å². The average Bonchev–Trinajstić information content (AvgIpc) is 3.16. The molecule has 0 aliphatic carbocycles. The molecule has 26 heavy (non-hydrogen) atoms. The Bertz CT molecular complexity index is 747. The Morgan fingerprint density at radius 1 is 1.19 bits per heavy atom. The van der Waals surface area contributed by atoms with Gasteiger partial charge in [-0.15, -0.1) is 0 Å².